The fraction of sp³-hybridized carbons (Fsp3) is 0.420. The summed E-state index contributed by atoms with van der Waals surface area (Å²) >= 11 is 0. The quantitative estimate of drug-likeness (QED) is 0.0203. The van der Waals surface area contributed by atoms with Gasteiger partial charge in [0.2, 0.25) is 11.9 Å². The lowest BCUT2D eigenvalue weighted by atomic mass is 9.99. The molecule has 0 bridgehead atoms. The predicted octanol–water partition coefficient (Wildman–Crippen LogP) is 9.59. The lowest BCUT2D eigenvalue weighted by Gasteiger charge is -2.16. The number of hydrogen-bond acceptors (Lipinski definition) is 12. The summed E-state index contributed by atoms with van der Waals surface area (Å²) in [5, 5.41) is 12.4. The molecule has 0 aliphatic heterocycles. The highest BCUT2D eigenvalue weighted by atomic mass is 16.5. The van der Waals surface area contributed by atoms with E-state index in [1.54, 1.807) is 69.5 Å². The van der Waals surface area contributed by atoms with Crippen LogP contribution < -0.4 is 26.0 Å². The summed E-state index contributed by atoms with van der Waals surface area (Å²) < 4.78 is 15.8. The smallest absolute Gasteiger partial charge is 0.343 e. The van der Waals surface area contributed by atoms with Crippen molar-refractivity contribution in [3.8, 4) is 17.1 Å². The van der Waals surface area contributed by atoms with E-state index in [2.05, 4.69) is 53.9 Å². The Kier molecular flexibility index (Phi) is 21.0. The van der Waals surface area contributed by atoms with Gasteiger partial charge in [0.15, 0.2) is 5.82 Å². The Bertz CT molecular complexity index is 2040. The molecule has 4 N–H and O–H groups in total. The van der Waals surface area contributed by atoms with Gasteiger partial charge in [-0.3, -0.25) is 9.59 Å². The van der Waals surface area contributed by atoms with Gasteiger partial charge >= 0.3 is 11.9 Å². The third kappa shape index (κ3) is 16.0. The normalized spacial score (nSPS) is 12.4. The zero-order valence-corrected chi connectivity index (χ0v) is 38.4. The molecule has 2 unspecified atom stereocenters. The predicted molar refractivity (Wildman–Crippen MR) is 253 cm³/mol. The van der Waals surface area contributed by atoms with Crippen LogP contribution in [0.1, 0.15) is 104 Å². The van der Waals surface area contributed by atoms with E-state index in [1.807, 2.05) is 24.3 Å². The highest BCUT2D eigenvalue weighted by molar-refractivity contribution is 6.20. The third-order valence-electron chi connectivity index (χ3n) is 10.6. The molecule has 1 aromatic heterocycles. The van der Waals surface area contributed by atoms with Gasteiger partial charge in [0.1, 0.15) is 16.9 Å². The van der Waals surface area contributed by atoms with Crippen LogP contribution in [-0.4, -0.2) is 72.1 Å². The number of aromatic nitrogens is 3. The largest absolute Gasteiger partial charge is 0.497 e. The summed E-state index contributed by atoms with van der Waals surface area (Å²) in [5.74, 6) is -0.102. The molecule has 2 atom stereocenters. The lowest BCUT2D eigenvalue weighted by molar-refractivity contribution is -0.141. The second-order valence-electron chi connectivity index (χ2n) is 15.3. The van der Waals surface area contributed by atoms with Gasteiger partial charge in [0.25, 0.3) is 11.8 Å². The number of unbranched alkanes of at least 4 members (excludes halogenated alkanes) is 2. The Labute approximate surface area is 378 Å². The number of amides is 2. The zero-order chi connectivity index (χ0) is 46.3. The van der Waals surface area contributed by atoms with Crippen molar-refractivity contribution in [1.82, 2.24) is 25.6 Å². The van der Waals surface area contributed by atoms with Crippen LogP contribution in [0, 0.1) is 11.8 Å². The number of carbonyl (C=O) groups excluding carboxylic acids is 4. The first-order chi connectivity index (χ1) is 31.0. The summed E-state index contributed by atoms with van der Waals surface area (Å²) in [7, 11) is 1.59. The molecule has 3 aromatic carbocycles. The van der Waals surface area contributed by atoms with Crippen molar-refractivity contribution in [2.75, 3.05) is 44.0 Å². The number of nitrogens with zero attached hydrogens (tertiary/aromatic N) is 3. The van der Waals surface area contributed by atoms with Crippen LogP contribution in [-0.2, 0) is 28.7 Å². The summed E-state index contributed by atoms with van der Waals surface area (Å²) in [4.78, 5) is 66.4. The number of carbonyl (C=O) groups is 4. The van der Waals surface area contributed by atoms with Crippen molar-refractivity contribution in [2.24, 2.45) is 11.8 Å². The first-order valence-electron chi connectivity index (χ1n) is 22.5. The van der Waals surface area contributed by atoms with Crippen molar-refractivity contribution in [3.05, 3.63) is 95.1 Å². The number of methoxy groups -OCH3 is 1. The summed E-state index contributed by atoms with van der Waals surface area (Å²) in [6.45, 7) is 13.1. The molecule has 0 radical (unpaired) electrons. The molecule has 0 spiro atoms. The van der Waals surface area contributed by atoms with Crippen LogP contribution in [0.5, 0.6) is 5.75 Å². The number of esters is 2. The van der Waals surface area contributed by atoms with Gasteiger partial charge in [0.05, 0.1) is 20.3 Å². The standard InChI is InChI=1S/C50H65N7O7/c1-8-14-16-34(10-3)32-51-45(58)42(47(60)63-12-5)30-36-18-24-39(25-19-36)53-49-55-44(38-22-28-41(62-7)29-23-38)56-50(57-49)54-40-26-20-37(21-27-40)31-43(48(61)64-13-6)46(59)52-33-35(11-4)17-15-9-2/h18-31,34-35H,8-17,32-33H2,1-7H3,(H,51,58)(H,52,59)(H2,53,54,55,56,57)/b42-30-,43-31-. The number of hydrogen-bond donors (Lipinski definition) is 4. The number of anilines is 4. The molecule has 1 heterocycles. The van der Waals surface area contributed by atoms with Crippen molar-refractivity contribution in [2.45, 2.75) is 92.9 Å². The van der Waals surface area contributed by atoms with E-state index in [0.29, 0.717) is 59.0 Å². The Morgan fingerprint density at radius 2 is 1.00 bits per heavy atom. The Morgan fingerprint density at radius 3 is 1.36 bits per heavy atom. The van der Waals surface area contributed by atoms with Crippen LogP contribution in [0.25, 0.3) is 23.5 Å². The first-order valence-corrected chi connectivity index (χ1v) is 22.5. The molecule has 64 heavy (non-hydrogen) atoms. The van der Waals surface area contributed by atoms with E-state index in [9.17, 15) is 19.2 Å². The zero-order valence-electron chi connectivity index (χ0n) is 38.4. The summed E-state index contributed by atoms with van der Waals surface area (Å²) in [6, 6.07) is 21.6. The highest BCUT2D eigenvalue weighted by Crippen LogP contribution is 2.25. The van der Waals surface area contributed by atoms with Crippen LogP contribution in [0.15, 0.2) is 83.9 Å². The van der Waals surface area contributed by atoms with E-state index in [1.165, 1.54) is 12.2 Å². The molecular formula is C50H65N7O7. The molecule has 0 fully saturated rings. The average molecular weight is 876 g/mol. The fourth-order valence-electron chi connectivity index (χ4n) is 6.68. The van der Waals surface area contributed by atoms with Crippen molar-refractivity contribution >= 4 is 59.2 Å². The molecule has 0 aliphatic rings. The Hall–Kier alpha value is -6.57. The van der Waals surface area contributed by atoms with E-state index in [4.69, 9.17) is 24.2 Å². The molecule has 14 heteroatoms. The highest BCUT2D eigenvalue weighted by Gasteiger charge is 2.22. The SMILES string of the molecule is CCCCC(CC)CNC(=O)/C(=C/c1ccc(Nc2nc(Nc3ccc(/C=C(/C(=O)NCC(CC)CCCC)C(=O)OCC)cc3)nc(-c3ccc(OC)cc3)n2)cc1)C(=O)OCC. The maximum absolute atomic E-state index is 13.3. The second kappa shape index (κ2) is 26.8. The Balaban J connectivity index is 1.58. The van der Waals surface area contributed by atoms with Gasteiger partial charge in [0, 0.05) is 30.0 Å². The van der Waals surface area contributed by atoms with Gasteiger partial charge < -0.3 is 35.5 Å². The topological polar surface area (TPSA) is 183 Å². The van der Waals surface area contributed by atoms with Gasteiger partial charge in [-0.05, 0) is 110 Å². The maximum atomic E-state index is 13.3. The molecule has 0 saturated heterocycles. The van der Waals surface area contributed by atoms with Gasteiger partial charge in [-0.2, -0.15) is 15.0 Å². The van der Waals surface area contributed by atoms with Gasteiger partial charge in [-0.15, -0.1) is 0 Å². The monoisotopic (exact) mass is 875 g/mol. The minimum absolute atomic E-state index is 0.0718. The lowest BCUT2D eigenvalue weighted by Crippen LogP contribution is -2.33. The van der Waals surface area contributed by atoms with E-state index in [0.717, 1.165) is 56.9 Å². The van der Waals surface area contributed by atoms with E-state index < -0.39 is 23.8 Å². The first kappa shape index (κ1) is 50.1. The van der Waals surface area contributed by atoms with Crippen molar-refractivity contribution in [3.63, 3.8) is 0 Å². The minimum Gasteiger partial charge on any atom is -0.497 e. The maximum Gasteiger partial charge on any atom is 0.343 e. The number of rotatable bonds is 26. The molecule has 342 valence electrons. The molecular weight excluding hydrogens is 811 g/mol. The van der Waals surface area contributed by atoms with E-state index in [-0.39, 0.29) is 36.3 Å². The molecule has 14 nitrogen and oxygen atoms in total. The third-order valence-corrected chi connectivity index (χ3v) is 10.6. The van der Waals surface area contributed by atoms with Crippen LogP contribution in [0.2, 0.25) is 0 Å². The van der Waals surface area contributed by atoms with E-state index >= 15 is 0 Å². The molecule has 4 rings (SSSR count). The minimum atomic E-state index is -0.686. The summed E-state index contributed by atoms with van der Waals surface area (Å²) in [5.41, 5.74) is 3.11. The van der Waals surface area contributed by atoms with Crippen LogP contribution in [0.4, 0.5) is 23.3 Å². The molecule has 2 amide bonds. The van der Waals surface area contributed by atoms with Gasteiger partial charge in [-0.1, -0.05) is 90.5 Å². The number of ether oxygens (including phenoxy) is 3. The molecule has 0 saturated carbocycles. The van der Waals surface area contributed by atoms with Crippen LogP contribution >= 0.6 is 0 Å². The second-order valence-corrected chi connectivity index (χ2v) is 15.3. The van der Waals surface area contributed by atoms with Gasteiger partial charge in [-0.25, -0.2) is 9.59 Å². The molecule has 4 aromatic rings. The number of benzene rings is 3. The van der Waals surface area contributed by atoms with Crippen molar-refractivity contribution in [1.29, 1.82) is 0 Å². The van der Waals surface area contributed by atoms with Crippen LogP contribution in [0.3, 0.4) is 0 Å². The Morgan fingerprint density at radius 1 is 0.578 bits per heavy atom. The molecule has 0 aliphatic carbocycles. The fourth-order valence-corrected chi connectivity index (χ4v) is 6.68. The van der Waals surface area contributed by atoms with Crippen molar-refractivity contribution < 1.29 is 33.4 Å². The summed E-state index contributed by atoms with van der Waals surface area (Å²) in [6.07, 6.45) is 11.3. The average Bonchev–Trinajstić information content (AvgIpc) is 3.31. The number of nitrogens with one attached hydrogen (secondary N) is 4.